The summed E-state index contributed by atoms with van der Waals surface area (Å²) in [5.41, 5.74) is 0. The van der Waals surface area contributed by atoms with E-state index in [0.717, 1.165) is 0 Å². The minimum atomic E-state index is 0.379. The maximum Gasteiger partial charge on any atom is -0.0258 e. The lowest BCUT2D eigenvalue weighted by atomic mass is 10.2. The molecule has 0 atom stereocenters. The molecule has 0 aromatic carbocycles. The summed E-state index contributed by atoms with van der Waals surface area (Å²) < 4.78 is 0. The van der Waals surface area contributed by atoms with Gasteiger partial charge in [-0.05, 0) is 24.7 Å². The quantitative estimate of drug-likeness (QED) is 0.450. The standard InChI is InChI=1S/C9H22S/c1-4-5-6-7-8-9-10(2)3/h10H,4-9H2,1-3H3. The summed E-state index contributed by atoms with van der Waals surface area (Å²) in [5, 5.41) is 0. The number of hydrogen-bond donors (Lipinski definition) is 1. The molecule has 0 spiro atoms. The van der Waals surface area contributed by atoms with E-state index in [1.54, 1.807) is 0 Å². The van der Waals surface area contributed by atoms with Crippen LogP contribution in [0.2, 0.25) is 0 Å². The average Bonchev–Trinajstić information content (AvgIpc) is 1.87. The Labute approximate surface area is 68.7 Å². The number of hydrogen-bond acceptors (Lipinski definition) is 0. The topological polar surface area (TPSA) is 0 Å². The Kier molecular flexibility index (Phi) is 7.72. The van der Waals surface area contributed by atoms with E-state index in [-0.39, 0.29) is 0 Å². The van der Waals surface area contributed by atoms with Gasteiger partial charge in [-0.15, -0.1) is 0 Å². The molecule has 0 aliphatic rings. The van der Waals surface area contributed by atoms with Crippen molar-refractivity contribution in [3.05, 3.63) is 0 Å². The molecule has 0 radical (unpaired) electrons. The first kappa shape index (κ1) is 10.3. The van der Waals surface area contributed by atoms with Crippen molar-refractivity contribution in [1.29, 1.82) is 0 Å². The highest BCUT2D eigenvalue weighted by molar-refractivity contribution is 8.15. The Balaban J connectivity index is 2.77. The van der Waals surface area contributed by atoms with E-state index in [2.05, 4.69) is 19.4 Å². The fraction of sp³-hybridized carbons (Fsp3) is 1.00. The second-order valence-corrected chi connectivity index (χ2v) is 5.82. The van der Waals surface area contributed by atoms with E-state index in [1.807, 2.05) is 0 Å². The van der Waals surface area contributed by atoms with Gasteiger partial charge in [-0.2, -0.15) is 0 Å². The monoisotopic (exact) mass is 162 g/mol. The van der Waals surface area contributed by atoms with Gasteiger partial charge in [0.15, 0.2) is 0 Å². The molecular weight excluding hydrogens is 140 g/mol. The third-order valence-corrected chi connectivity index (χ3v) is 2.92. The number of unbranched alkanes of at least 4 members (excludes halogenated alkanes) is 4. The van der Waals surface area contributed by atoms with Gasteiger partial charge in [-0.1, -0.05) is 32.6 Å². The van der Waals surface area contributed by atoms with Gasteiger partial charge >= 0.3 is 0 Å². The van der Waals surface area contributed by atoms with E-state index in [4.69, 9.17) is 0 Å². The molecule has 0 bridgehead atoms. The van der Waals surface area contributed by atoms with Crippen molar-refractivity contribution in [3.63, 3.8) is 0 Å². The molecule has 0 saturated carbocycles. The molecule has 0 aliphatic heterocycles. The minimum absolute atomic E-state index is 0.379. The van der Waals surface area contributed by atoms with Crippen LogP contribution in [-0.4, -0.2) is 18.3 Å². The van der Waals surface area contributed by atoms with E-state index >= 15 is 0 Å². The van der Waals surface area contributed by atoms with Crippen molar-refractivity contribution >= 4 is 10.9 Å². The summed E-state index contributed by atoms with van der Waals surface area (Å²) in [6, 6.07) is 0. The van der Waals surface area contributed by atoms with Crippen LogP contribution in [0.25, 0.3) is 0 Å². The van der Waals surface area contributed by atoms with Crippen molar-refractivity contribution in [2.24, 2.45) is 0 Å². The molecule has 1 heteroatoms. The lowest BCUT2D eigenvalue weighted by molar-refractivity contribution is 0.659. The molecule has 0 rings (SSSR count). The second kappa shape index (κ2) is 7.46. The highest BCUT2D eigenvalue weighted by atomic mass is 32.2. The zero-order chi connectivity index (χ0) is 7.82. The zero-order valence-corrected chi connectivity index (χ0v) is 8.58. The SMILES string of the molecule is CCCCCCC[SH](C)C. The second-order valence-electron chi connectivity index (χ2n) is 3.22. The highest BCUT2D eigenvalue weighted by Gasteiger charge is 1.89. The van der Waals surface area contributed by atoms with E-state index < -0.39 is 0 Å². The van der Waals surface area contributed by atoms with Gasteiger partial charge < -0.3 is 0 Å². The van der Waals surface area contributed by atoms with Crippen LogP contribution in [0.3, 0.4) is 0 Å². The minimum Gasteiger partial charge on any atom is -0.259 e. The molecular formula is C9H22S. The van der Waals surface area contributed by atoms with Gasteiger partial charge in [-0.25, -0.2) is 0 Å². The predicted octanol–water partition coefficient (Wildman–Crippen LogP) is 3.22. The molecule has 0 aromatic rings. The van der Waals surface area contributed by atoms with E-state index in [1.165, 1.54) is 37.9 Å². The van der Waals surface area contributed by atoms with Crippen LogP contribution in [0, 0.1) is 0 Å². The lowest BCUT2D eigenvalue weighted by Crippen LogP contribution is -1.85. The summed E-state index contributed by atoms with van der Waals surface area (Å²) in [6.45, 7) is 2.27. The maximum atomic E-state index is 2.37. The summed E-state index contributed by atoms with van der Waals surface area (Å²) in [6.07, 6.45) is 11.9. The van der Waals surface area contributed by atoms with Crippen molar-refractivity contribution in [1.82, 2.24) is 0 Å². The zero-order valence-electron chi connectivity index (χ0n) is 7.69. The van der Waals surface area contributed by atoms with Crippen LogP contribution >= 0.6 is 10.9 Å². The van der Waals surface area contributed by atoms with Crippen molar-refractivity contribution in [2.75, 3.05) is 18.3 Å². The summed E-state index contributed by atoms with van der Waals surface area (Å²) >= 11 is 0. The molecule has 10 heavy (non-hydrogen) atoms. The first-order valence-corrected chi connectivity index (χ1v) is 6.84. The molecule has 0 nitrogen and oxygen atoms in total. The highest BCUT2D eigenvalue weighted by Crippen LogP contribution is 2.16. The third-order valence-electron chi connectivity index (χ3n) is 1.71. The number of rotatable bonds is 6. The van der Waals surface area contributed by atoms with Gasteiger partial charge in [0, 0.05) is 0 Å². The summed E-state index contributed by atoms with van der Waals surface area (Å²) in [5.74, 6) is 1.49. The Morgan fingerprint density at radius 1 is 0.900 bits per heavy atom. The smallest absolute Gasteiger partial charge is 0.0258 e. The van der Waals surface area contributed by atoms with Gasteiger partial charge in [0.2, 0.25) is 0 Å². The van der Waals surface area contributed by atoms with Crippen LogP contribution in [0.5, 0.6) is 0 Å². The van der Waals surface area contributed by atoms with Crippen LogP contribution in [0.1, 0.15) is 39.0 Å². The molecule has 0 fully saturated rings. The molecule has 0 N–H and O–H groups in total. The Hall–Kier alpha value is 0.350. The van der Waals surface area contributed by atoms with Crippen molar-refractivity contribution in [3.8, 4) is 0 Å². The van der Waals surface area contributed by atoms with Crippen molar-refractivity contribution < 1.29 is 0 Å². The lowest BCUT2D eigenvalue weighted by Gasteiger charge is -2.07. The molecule has 0 saturated heterocycles. The first-order valence-electron chi connectivity index (χ1n) is 4.42. The third kappa shape index (κ3) is 8.35. The maximum absolute atomic E-state index is 2.37. The summed E-state index contributed by atoms with van der Waals surface area (Å²) in [4.78, 5) is 0. The molecule has 0 amide bonds. The Bertz CT molecular complexity index is 59.7. The van der Waals surface area contributed by atoms with Crippen LogP contribution in [-0.2, 0) is 0 Å². The fourth-order valence-electron chi connectivity index (χ4n) is 1.03. The molecule has 64 valence electrons. The number of thiol groups is 1. The van der Waals surface area contributed by atoms with Crippen LogP contribution in [0.4, 0.5) is 0 Å². The van der Waals surface area contributed by atoms with Gasteiger partial charge in [-0.3, -0.25) is 10.9 Å². The van der Waals surface area contributed by atoms with Gasteiger partial charge in [0.25, 0.3) is 0 Å². The van der Waals surface area contributed by atoms with Crippen LogP contribution in [0.15, 0.2) is 0 Å². The normalized spacial score (nSPS) is 11.7. The molecule has 0 aliphatic carbocycles. The average molecular weight is 162 g/mol. The largest absolute Gasteiger partial charge is 0.259 e. The van der Waals surface area contributed by atoms with Gasteiger partial charge in [0.1, 0.15) is 0 Å². The van der Waals surface area contributed by atoms with Gasteiger partial charge in [0.05, 0.1) is 0 Å². The van der Waals surface area contributed by atoms with Crippen LogP contribution < -0.4 is 0 Å². The molecule has 0 heterocycles. The predicted molar refractivity (Wildman–Crippen MR) is 54.5 cm³/mol. The molecule has 0 unspecified atom stereocenters. The van der Waals surface area contributed by atoms with E-state index in [0.29, 0.717) is 10.9 Å². The van der Waals surface area contributed by atoms with Crippen molar-refractivity contribution in [2.45, 2.75) is 39.0 Å². The Morgan fingerprint density at radius 2 is 1.50 bits per heavy atom. The fourth-order valence-corrected chi connectivity index (χ4v) is 1.89. The van der Waals surface area contributed by atoms with E-state index in [9.17, 15) is 0 Å². The Morgan fingerprint density at radius 3 is 2.00 bits per heavy atom. The summed E-state index contributed by atoms with van der Waals surface area (Å²) in [7, 11) is 0.379. The first-order chi connectivity index (χ1) is 4.77. The molecule has 0 aromatic heterocycles.